The van der Waals surface area contributed by atoms with Crippen molar-refractivity contribution in [2.45, 2.75) is 37.0 Å². The van der Waals surface area contributed by atoms with E-state index in [1.165, 1.54) is 14.0 Å². The summed E-state index contributed by atoms with van der Waals surface area (Å²) in [6.45, 7) is 1.34. The molecule has 0 aromatic rings. The molecule has 0 spiro atoms. The number of carbonyl (C=O) groups excluding carboxylic acids is 2. The van der Waals surface area contributed by atoms with Gasteiger partial charge in [0.2, 0.25) is 0 Å². The number of ether oxygens (including phenoxy) is 3. The third-order valence-electron chi connectivity index (χ3n) is 2.03. The van der Waals surface area contributed by atoms with Crippen LogP contribution in [-0.2, 0) is 23.8 Å². The Balaban J connectivity index is 2.55. The van der Waals surface area contributed by atoms with Crippen LogP contribution in [0, 0.1) is 0 Å². The summed E-state index contributed by atoms with van der Waals surface area (Å²) < 4.78 is 14.9. The fraction of sp³-hybridized carbons (Fsp3) is 0.778. The number of esters is 2. The summed E-state index contributed by atoms with van der Waals surface area (Å²) in [5.74, 6) is -0.804. The van der Waals surface area contributed by atoms with E-state index in [0.29, 0.717) is 12.8 Å². The Bertz CT molecular complexity index is 255. The van der Waals surface area contributed by atoms with Crippen molar-refractivity contribution in [3.63, 3.8) is 0 Å². The van der Waals surface area contributed by atoms with Gasteiger partial charge >= 0.3 is 11.9 Å². The van der Waals surface area contributed by atoms with Crippen LogP contribution in [0.3, 0.4) is 0 Å². The second-order valence-corrected chi connectivity index (χ2v) is 4.28. The standard InChI is InChI=1S/C9H13BrO5/c1-5(11)14-6-3-7(9(12)13-2)15-8(10)4-6/h6-8H,3-4H2,1-2H3. The molecule has 3 atom stereocenters. The van der Waals surface area contributed by atoms with Crippen LogP contribution < -0.4 is 0 Å². The maximum Gasteiger partial charge on any atom is 0.335 e. The third-order valence-corrected chi connectivity index (χ3v) is 2.62. The number of rotatable bonds is 2. The fourth-order valence-corrected chi connectivity index (χ4v) is 2.12. The Hall–Kier alpha value is -0.620. The van der Waals surface area contributed by atoms with Crippen LogP contribution in [0.25, 0.3) is 0 Å². The van der Waals surface area contributed by atoms with Crippen molar-refractivity contribution in [1.82, 2.24) is 0 Å². The molecule has 1 saturated heterocycles. The van der Waals surface area contributed by atoms with Crippen LogP contribution in [0.2, 0.25) is 0 Å². The van der Waals surface area contributed by atoms with Crippen molar-refractivity contribution in [2.75, 3.05) is 7.11 Å². The normalized spacial score (nSPS) is 30.7. The second kappa shape index (κ2) is 5.46. The quantitative estimate of drug-likeness (QED) is 0.558. The first-order valence-corrected chi connectivity index (χ1v) is 5.49. The largest absolute Gasteiger partial charge is 0.467 e. The Labute approximate surface area is 96.2 Å². The number of halogens is 1. The molecule has 0 aliphatic carbocycles. The molecule has 1 aliphatic heterocycles. The van der Waals surface area contributed by atoms with Gasteiger partial charge in [-0.15, -0.1) is 0 Å². The van der Waals surface area contributed by atoms with Crippen molar-refractivity contribution in [1.29, 1.82) is 0 Å². The Kier molecular flexibility index (Phi) is 4.53. The van der Waals surface area contributed by atoms with Gasteiger partial charge in [-0.1, -0.05) is 15.9 Å². The van der Waals surface area contributed by atoms with Gasteiger partial charge in [-0.2, -0.15) is 0 Å². The molecule has 3 unspecified atom stereocenters. The van der Waals surface area contributed by atoms with E-state index >= 15 is 0 Å². The van der Waals surface area contributed by atoms with Crippen molar-refractivity contribution in [3.8, 4) is 0 Å². The Morgan fingerprint density at radius 1 is 1.40 bits per heavy atom. The molecule has 86 valence electrons. The Morgan fingerprint density at radius 3 is 2.60 bits per heavy atom. The van der Waals surface area contributed by atoms with E-state index in [1.54, 1.807) is 0 Å². The van der Waals surface area contributed by atoms with Crippen LogP contribution >= 0.6 is 15.9 Å². The van der Waals surface area contributed by atoms with Gasteiger partial charge in [0.15, 0.2) is 6.10 Å². The lowest BCUT2D eigenvalue weighted by atomic mass is 10.1. The van der Waals surface area contributed by atoms with Gasteiger partial charge in [0.1, 0.15) is 11.1 Å². The van der Waals surface area contributed by atoms with Gasteiger partial charge in [0.05, 0.1) is 7.11 Å². The molecule has 1 heterocycles. The van der Waals surface area contributed by atoms with Gasteiger partial charge in [-0.05, 0) is 0 Å². The predicted molar refractivity (Wildman–Crippen MR) is 54.4 cm³/mol. The summed E-state index contributed by atoms with van der Waals surface area (Å²) in [6, 6.07) is 0. The first-order chi connectivity index (χ1) is 7.02. The molecule has 0 aromatic carbocycles. The van der Waals surface area contributed by atoms with E-state index in [9.17, 15) is 9.59 Å². The lowest BCUT2D eigenvalue weighted by Gasteiger charge is -2.30. The molecule has 1 aliphatic rings. The molecule has 6 heteroatoms. The van der Waals surface area contributed by atoms with Crippen LogP contribution in [0.5, 0.6) is 0 Å². The summed E-state index contributed by atoms with van der Waals surface area (Å²) in [4.78, 5) is 22.0. The molecule has 1 fully saturated rings. The molecule has 1 rings (SSSR count). The monoisotopic (exact) mass is 280 g/mol. The first-order valence-electron chi connectivity index (χ1n) is 4.57. The molecule has 0 radical (unpaired) electrons. The van der Waals surface area contributed by atoms with Crippen molar-refractivity contribution in [3.05, 3.63) is 0 Å². The molecule has 0 saturated carbocycles. The molecule has 15 heavy (non-hydrogen) atoms. The summed E-state index contributed by atoms with van der Waals surface area (Å²) in [7, 11) is 1.30. The van der Waals surface area contributed by atoms with Gasteiger partial charge in [0.25, 0.3) is 0 Å². The minimum atomic E-state index is -0.669. The first kappa shape index (κ1) is 12.4. The van der Waals surface area contributed by atoms with Crippen molar-refractivity contribution >= 4 is 27.9 Å². The van der Waals surface area contributed by atoms with E-state index in [4.69, 9.17) is 9.47 Å². The highest BCUT2D eigenvalue weighted by Crippen LogP contribution is 2.26. The van der Waals surface area contributed by atoms with Gasteiger partial charge in [0, 0.05) is 19.8 Å². The van der Waals surface area contributed by atoms with E-state index in [2.05, 4.69) is 20.7 Å². The number of methoxy groups -OCH3 is 1. The molecular formula is C9H13BrO5. The molecule has 5 nitrogen and oxygen atoms in total. The SMILES string of the molecule is COC(=O)C1CC(OC(C)=O)CC(Br)O1. The van der Waals surface area contributed by atoms with Gasteiger partial charge in [-0.25, -0.2) is 4.79 Å². The minimum Gasteiger partial charge on any atom is -0.467 e. The van der Waals surface area contributed by atoms with Crippen molar-refractivity contribution in [2.24, 2.45) is 0 Å². The number of carbonyl (C=O) groups is 2. The average Bonchev–Trinajstić information content (AvgIpc) is 2.14. The highest BCUT2D eigenvalue weighted by Gasteiger charge is 2.34. The zero-order valence-electron chi connectivity index (χ0n) is 8.57. The second-order valence-electron chi connectivity index (χ2n) is 3.26. The maximum atomic E-state index is 11.2. The van der Waals surface area contributed by atoms with E-state index in [-0.39, 0.29) is 17.1 Å². The third kappa shape index (κ3) is 3.79. The molecule has 0 aromatic heterocycles. The topological polar surface area (TPSA) is 61.8 Å². The summed E-state index contributed by atoms with van der Waals surface area (Å²) in [5, 5.41) is -0.292. The smallest absolute Gasteiger partial charge is 0.335 e. The highest BCUT2D eigenvalue weighted by atomic mass is 79.9. The van der Waals surface area contributed by atoms with E-state index in [0.717, 1.165) is 0 Å². The van der Waals surface area contributed by atoms with Crippen LogP contribution in [0.4, 0.5) is 0 Å². The van der Waals surface area contributed by atoms with Gasteiger partial charge in [-0.3, -0.25) is 4.79 Å². The van der Waals surface area contributed by atoms with E-state index < -0.39 is 12.1 Å². The average molecular weight is 281 g/mol. The van der Waals surface area contributed by atoms with Crippen LogP contribution in [0.15, 0.2) is 0 Å². The fourth-order valence-electron chi connectivity index (χ4n) is 1.45. The van der Waals surface area contributed by atoms with E-state index in [1.807, 2.05) is 0 Å². The van der Waals surface area contributed by atoms with Gasteiger partial charge < -0.3 is 14.2 Å². The number of hydrogen-bond acceptors (Lipinski definition) is 5. The minimum absolute atomic E-state index is 0.292. The molecule has 0 bridgehead atoms. The lowest BCUT2D eigenvalue weighted by Crippen LogP contribution is -2.40. The summed E-state index contributed by atoms with van der Waals surface area (Å²) in [5.41, 5.74) is 0. The molecular weight excluding hydrogens is 268 g/mol. The predicted octanol–water partition coefficient (Wildman–Crippen LogP) is 0.991. The zero-order valence-corrected chi connectivity index (χ0v) is 10.2. The highest BCUT2D eigenvalue weighted by molar-refractivity contribution is 9.09. The summed E-state index contributed by atoms with van der Waals surface area (Å²) in [6.07, 6.45) is -0.0938. The van der Waals surface area contributed by atoms with Crippen LogP contribution in [-0.4, -0.2) is 36.3 Å². The maximum absolute atomic E-state index is 11.2. The number of hydrogen-bond donors (Lipinski definition) is 0. The number of alkyl halides is 1. The summed E-state index contributed by atoms with van der Waals surface area (Å²) >= 11 is 3.24. The Morgan fingerprint density at radius 2 is 2.07 bits per heavy atom. The lowest BCUT2D eigenvalue weighted by molar-refractivity contribution is -0.170. The van der Waals surface area contributed by atoms with Crippen molar-refractivity contribution < 1.29 is 23.8 Å². The molecule has 0 amide bonds. The zero-order chi connectivity index (χ0) is 11.4. The molecule has 0 N–H and O–H groups in total. The van der Waals surface area contributed by atoms with Crippen LogP contribution in [0.1, 0.15) is 19.8 Å².